The lowest BCUT2D eigenvalue weighted by Gasteiger charge is -2.14. The normalized spacial score (nSPS) is 30.6. The summed E-state index contributed by atoms with van der Waals surface area (Å²) < 4.78 is 0. The van der Waals surface area contributed by atoms with Crippen molar-refractivity contribution in [3.8, 4) is 0 Å². The smallest absolute Gasteiger partial charge is 0.233 e. The van der Waals surface area contributed by atoms with Crippen LogP contribution in [0.1, 0.15) is 20.8 Å². The Kier molecular flexibility index (Phi) is 2.22. The molecule has 1 aliphatic rings. The second-order valence-corrected chi connectivity index (χ2v) is 3.79. The molecule has 1 heterocycles. The largest absolute Gasteiger partial charge is 0.285 e. The number of carbonyl (C=O) groups excluding carboxylic acids is 2. The van der Waals surface area contributed by atoms with Gasteiger partial charge in [0.1, 0.15) is 0 Å². The van der Waals surface area contributed by atoms with E-state index >= 15 is 0 Å². The first kappa shape index (κ1) is 9.23. The van der Waals surface area contributed by atoms with Gasteiger partial charge in [-0.25, -0.2) is 0 Å². The highest BCUT2D eigenvalue weighted by atomic mass is 16.2. The lowest BCUT2D eigenvalue weighted by Crippen LogP contribution is -2.27. The van der Waals surface area contributed by atoms with Crippen molar-refractivity contribution in [1.82, 2.24) is 4.90 Å². The molecule has 1 rings (SSSR count). The molecule has 0 N–H and O–H groups in total. The molecule has 0 spiro atoms. The van der Waals surface area contributed by atoms with E-state index in [1.54, 1.807) is 7.05 Å². The van der Waals surface area contributed by atoms with E-state index in [1.807, 2.05) is 20.8 Å². The van der Waals surface area contributed by atoms with Gasteiger partial charge in [0.2, 0.25) is 11.8 Å². The van der Waals surface area contributed by atoms with Crippen molar-refractivity contribution in [2.75, 3.05) is 7.05 Å². The van der Waals surface area contributed by atoms with E-state index in [0.717, 1.165) is 0 Å². The molecule has 0 unspecified atom stereocenters. The molecule has 0 aromatic carbocycles. The van der Waals surface area contributed by atoms with Crippen LogP contribution in [0.15, 0.2) is 0 Å². The zero-order valence-corrected chi connectivity index (χ0v) is 8.00. The van der Waals surface area contributed by atoms with Gasteiger partial charge in [-0.2, -0.15) is 0 Å². The number of amides is 2. The van der Waals surface area contributed by atoms with Crippen molar-refractivity contribution >= 4 is 11.8 Å². The molecule has 0 aromatic heterocycles. The van der Waals surface area contributed by atoms with Crippen molar-refractivity contribution in [3.05, 3.63) is 0 Å². The van der Waals surface area contributed by atoms with Crippen molar-refractivity contribution in [2.45, 2.75) is 20.8 Å². The quantitative estimate of drug-likeness (QED) is 0.547. The van der Waals surface area contributed by atoms with E-state index < -0.39 is 0 Å². The molecular weight excluding hydrogens is 154 g/mol. The van der Waals surface area contributed by atoms with E-state index in [4.69, 9.17) is 0 Å². The van der Waals surface area contributed by atoms with E-state index in [0.29, 0.717) is 0 Å². The molecule has 0 bridgehead atoms. The average molecular weight is 169 g/mol. The Balaban J connectivity index is 2.91. The number of rotatable bonds is 1. The summed E-state index contributed by atoms with van der Waals surface area (Å²) in [5.74, 6) is -0.0624. The third-order valence-corrected chi connectivity index (χ3v) is 2.59. The van der Waals surface area contributed by atoms with Crippen molar-refractivity contribution in [2.24, 2.45) is 17.8 Å². The Morgan fingerprint density at radius 2 is 1.75 bits per heavy atom. The molecular formula is C9H15NO2. The van der Waals surface area contributed by atoms with E-state index in [-0.39, 0.29) is 29.6 Å². The fraction of sp³-hybridized carbons (Fsp3) is 0.778. The second kappa shape index (κ2) is 2.88. The standard InChI is InChI=1S/C9H15NO2/c1-5(2)7-6(3)8(11)10(4)9(7)12/h5-7H,1-4H3/t6-,7-/m0/s1. The lowest BCUT2D eigenvalue weighted by molar-refractivity contribution is -0.138. The Labute approximate surface area is 72.7 Å². The van der Waals surface area contributed by atoms with Crippen LogP contribution in [0.25, 0.3) is 0 Å². The molecule has 2 atom stereocenters. The monoisotopic (exact) mass is 169 g/mol. The number of carbonyl (C=O) groups is 2. The second-order valence-electron chi connectivity index (χ2n) is 3.79. The molecule has 0 radical (unpaired) electrons. The molecule has 3 nitrogen and oxygen atoms in total. The maximum absolute atomic E-state index is 11.5. The van der Waals surface area contributed by atoms with Gasteiger partial charge in [-0.15, -0.1) is 0 Å². The van der Waals surface area contributed by atoms with E-state index in [9.17, 15) is 9.59 Å². The Bertz CT molecular complexity index is 223. The summed E-state index contributed by atoms with van der Waals surface area (Å²) in [5, 5.41) is 0. The summed E-state index contributed by atoms with van der Waals surface area (Å²) in [6.45, 7) is 5.78. The number of hydrogen-bond acceptors (Lipinski definition) is 2. The van der Waals surface area contributed by atoms with Crippen LogP contribution in [0.3, 0.4) is 0 Å². The van der Waals surface area contributed by atoms with Gasteiger partial charge in [-0.05, 0) is 5.92 Å². The summed E-state index contributed by atoms with van der Waals surface area (Å²) >= 11 is 0. The number of hydrogen-bond donors (Lipinski definition) is 0. The highest BCUT2D eigenvalue weighted by Crippen LogP contribution is 2.30. The SMILES string of the molecule is CC(C)[C@@H]1C(=O)N(C)C(=O)[C@H]1C. The van der Waals surface area contributed by atoms with Crippen LogP contribution >= 0.6 is 0 Å². The van der Waals surface area contributed by atoms with E-state index in [1.165, 1.54) is 4.90 Å². The maximum Gasteiger partial charge on any atom is 0.233 e. The molecule has 68 valence electrons. The first-order chi connectivity index (χ1) is 5.46. The lowest BCUT2D eigenvalue weighted by atomic mass is 9.87. The maximum atomic E-state index is 11.5. The molecule has 0 aromatic rings. The van der Waals surface area contributed by atoms with Crippen LogP contribution in [-0.2, 0) is 9.59 Å². The molecule has 1 aliphatic heterocycles. The van der Waals surface area contributed by atoms with Crippen LogP contribution in [0, 0.1) is 17.8 Å². The topological polar surface area (TPSA) is 37.4 Å². The highest BCUT2D eigenvalue weighted by Gasteiger charge is 2.44. The van der Waals surface area contributed by atoms with Crippen LogP contribution in [0.2, 0.25) is 0 Å². The minimum absolute atomic E-state index is 0.0255. The predicted molar refractivity (Wildman–Crippen MR) is 45.3 cm³/mol. The zero-order chi connectivity index (χ0) is 9.46. The number of likely N-dealkylation sites (tertiary alicyclic amines) is 1. The molecule has 2 amide bonds. The Hall–Kier alpha value is -0.860. The van der Waals surface area contributed by atoms with Gasteiger partial charge < -0.3 is 0 Å². The molecule has 1 saturated heterocycles. The van der Waals surface area contributed by atoms with Gasteiger partial charge in [0.05, 0.1) is 5.92 Å². The number of nitrogens with zero attached hydrogens (tertiary/aromatic N) is 1. The minimum Gasteiger partial charge on any atom is -0.285 e. The summed E-state index contributed by atoms with van der Waals surface area (Å²) in [4.78, 5) is 24.1. The van der Waals surface area contributed by atoms with Gasteiger partial charge >= 0.3 is 0 Å². The first-order valence-corrected chi connectivity index (χ1v) is 4.28. The van der Waals surface area contributed by atoms with Crippen molar-refractivity contribution in [1.29, 1.82) is 0 Å². The van der Waals surface area contributed by atoms with Crippen molar-refractivity contribution in [3.63, 3.8) is 0 Å². The summed E-state index contributed by atoms with van der Waals surface area (Å²) in [6.07, 6.45) is 0. The van der Waals surface area contributed by atoms with Crippen LogP contribution in [0.4, 0.5) is 0 Å². The summed E-state index contributed by atoms with van der Waals surface area (Å²) in [5.41, 5.74) is 0. The van der Waals surface area contributed by atoms with Gasteiger partial charge in [0, 0.05) is 13.0 Å². The predicted octanol–water partition coefficient (Wildman–Crippen LogP) is 0.893. The minimum atomic E-state index is -0.137. The average Bonchev–Trinajstić information content (AvgIpc) is 2.16. The molecule has 12 heavy (non-hydrogen) atoms. The van der Waals surface area contributed by atoms with E-state index in [2.05, 4.69) is 0 Å². The van der Waals surface area contributed by atoms with Crippen LogP contribution < -0.4 is 0 Å². The summed E-state index contributed by atoms with van der Waals surface area (Å²) in [7, 11) is 1.56. The Morgan fingerprint density at radius 3 is 1.92 bits per heavy atom. The van der Waals surface area contributed by atoms with Gasteiger partial charge in [-0.1, -0.05) is 20.8 Å². The van der Waals surface area contributed by atoms with Crippen LogP contribution in [0.5, 0.6) is 0 Å². The fourth-order valence-corrected chi connectivity index (χ4v) is 1.87. The molecule has 0 aliphatic carbocycles. The third kappa shape index (κ3) is 1.13. The molecule has 0 saturated carbocycles. The first-order valence-electron chi connectivity index (χ1n) is 4.28. The Morgan fingerprint density at radius 1 is 1.25 bits per heavy atom. The van der Waals surface area contributed by atoms with Gasteiger partial charge in [-0.3, -0.25) is 14.5 Å². The third-order valence-electron chi connectivity index (χ3n) is 2.59. The highest BCUT2D eigenvalue weighted by molar-refractivity contribution is 6.04. The number of imide groups is 1. The molecule has 1 fully saturated rings. The fourth-order valence-electron chi connectivity index (χ4n) is 1.87. The molecule has 3 heteroatoms. The van der Waals surface area contributed by atoms with Crippen molar-refractivity contribution < 1.29 is 9.59 Å². The zero-order valence-electron chi connectivity index (χ0n) is 8.00. The summed E-state index contributed by atoms with van der Waals surface area (Å²) in [6, 6.07) is 0. The van der Waals surface area contributed by atoms with Crippen LogP contribution in [-0.4, -0.2) is 23.8 Å². The van der Waals surface area contributed by atoms with Gasteiger partial charge in [0.15, 0.2) is 0 Å². The van der Waals surface area contributed by atoms with Gasteiger partial charge in [0.25, 0.3) is 0 Å².